The number of morpholine rings is 1. The molecule has 6 heteroatoms. The summed E-state index contributed by atoms with van der Waals surface area (Å²) in [6.07, 6.45) is 0.0599. The minimum Gasteiger partial charge on any atom is -0.493 e. The van der Waals surface area contributed by atoms with Gasteiger partial charge in [0, 0.05) is 36.3 Å². The van der Waals surface area contributed by atoms with Crippen LogP contribution in [0.2, 0.25) is 5.02 Å². The maximum atomic E-state index is 6.04. The zero-order valence-corrected chi connectivity index (χ0v) is 13.4. The highest BCUT2D eigenvalue weighted by Gasteiger charge is 2.21. The van der Waals surface area contributed by atoms with Gasteiger partial charge in [0.25, 0.3) is 0 Å². The van der Waals surface area contributed by atoms with Crippen LogP contribution in [-0.2, 0) is 11.3 Å². The molecule has 0 saturated carbocycles. The van der Waals surface area contributed by atoms with Gasteiger partial charge >= 0.3 is 0 Å². The Balaban J connectivity index is 2.05. The molecule has 1 aliphatic rings. The van der Waals surface area contributed by atoms with Crippen molar-refractivity contribution in [3.05, 3.63) is 22.7 Å². The van der Waals surface area contributed by atoms with Crippen LogP contribution in [0.1, 0.15) is 12.5 Å². The molecule has 118 valence electrons. The highest BCUT2D eigenvalue weighted by molar-refractivity contribution is 6.30. The number of hydrogen-bond donors (Lipinski definition) is 1. The Kier molecular flexibility index (Phi) is 6.11. The molecule has 0 bridgehead atoms. The largest absolute Gasteiger partial charge is 0.493 e. The van der Waals surface area contributed by atoms with Gasteiger partial charge in [-0.25, -0.2) is 0 Å². The summed E-state index contributed by atoms with van der Waals surface area (Å²) in [6.45, 7) is 6.59. The lowest BCUT2D eigenvalue weighted by molar-refractivity contribution is -0.0467. The fourth-order valence-corrected chi connectivity index (χ4v) is 2.67. The molecule has 0 spiro atoms. The lowest BCUT2D eigenvalue weighted by Gasteiger charge is -2.32. The highest BCUT2D eigenvalue weighted by Crippen LogP contribution is 2.34. The summed E-state index contributed by atoms with van der Waals surface area (Å²) in [5.74, 6) is 1.26. The molecule has 1 saturated heterocycles. The number of benzene rings is 1. The van der Waals surface area contributed by atoms with Gasteiger partial charge in [0.05, 0.1) is 13.7 Å². The van der Waals surface area contributed by atoms with Crippen LogP contribution in [0, 0.1) is 0 Å². The van der Waals surface area contributed by atoms with Crippen molar-refractivity contribution < 1.29 is 14.2 Å². The van der Waals surface area contributed by atoms with E-state index < -0.39 is 0 Å². The van der Waals surface area contributed by atoms with E-state index in [0.29, 0.717) is 29.7 Å². The third-order valence-electron chi connectivity index (χ3n) is 3.62. The zero-order chi connectivity index (χ0) is 15.2. The first-order chi connectivity index (χ1) is 10.2. The Labute approximate surface area is 130 Å². The van der Waals surface area contributed by atoms with Crippen molar-refractivity contribution >= 4 is 11.6 Å². The summed E-state index contributed by atoms with van der Waals surface area (Å²) in [5, 5.41) is 0.589. The van der Waals surface area contributed by atoms with Crippen LogP contribution in [0.5, 0.6) is 11.5 Å². The molecule has 0 aliphatic carbocycles. The monoisotopic (exact) mass is 314 g/mol. The van der Waals surface area contributed by atoms with Crippen LogP contribution in [0.3, 0.4) is 0 Å². The molecule has 1 fully saturated rings. The van der Waals surface area contributed by atoms with E-state index in [2.05, 4.69) is 11.8 Å². The van der Waals surface area contributed by atoms with E-state index in [9.17, 15) is 0 Å². The number of halogens is 1. The first kappa shape index (κ1) is 16.4. The van der Waals surface area contributed by atoms with Crippen LogP contribution in [-0.4, -0.2) is 51.0 Å². The lowest BCUT2D eigenvalue weighted by atomic mass is 10.2. The summed E-state index contributed by atoms with van der Waals surface area (Å²) in [5.41, 5.74) is 6.60. The van der Waals surface area contributed by atoms with E-state index in [4.69, 9.17) is 31.5 Å². The Morgan fingerprint density at radius 1 is 1.48 bits per heavy atom. The van der Waals surface area contributed by atoms with E-state index in [1.54, 1.807) is 19.2 Å². The molecule has 1 aromatic carbocycles. The van der Waals surface area contributed by atoms with E-state index in [1.165, 1.54) is 0 Å². The maximum absolute atomic E-state index is 6.04. The van der Waals surface area contributed by atoms with Crippen molar-refractivity contribution in [2.75, 3.05) is 40.0 Å². The summed E-state index contributed by atoms with van der Waals surface area (Å²) in [4.78, 5) is 2.35. The Morgan fingerprint density at radius 3 is 2.95 bits per heavy atom. The van der Waals surface area contributed by atoms with Crippen LogP contribution >= 0.6 is 11.6 Å². The van der Waals surface area contributed by atoms with E-state index in [-0.39, 0.29) is 6.10 Å². The number of nitrogens with zero attached hydrogens (tertiary/aromatic N) is 1. The molecule has 0 radical (unpaired) electrons. The second kappa shape index (κ2) is 7.84. The molecule has 0 amide bonds. The zero-order valence-electron chi connectivity index (χ0n) is 12.6. The summed E-state index contributed by atoms with van der Waals surface area (Å²) < 4.78 is 17.0. The third-order valence-corrected chi connectivity index (χ3v) is 3.84. The molecule has 1 heterocycles. The Bertz CT molecular complexity index is 445. The fourth-order valence-electron chi connectivity index (χ4n) is 2.43. The molecule has 21 heavy (non-hydrogen) atoms. The molecular formula is C15H23ClN2O3. The number of methoxy groups -OCH3 is 1. The summed E-state index contributed by atoms with van der Waals surface area (Å²) >= 11 is 6.04. The van der Waals surface area contributed by atoms with Crippen molar-refractivity contribution in [2.45, 2.75) is 19.6 Å². The molecule has 2 N–H and O–H groups in total. The van der Waals surface area contributed by atoms with Gasteiger partial charge in [-0.3, -0.25) is 4.90 Å². The van der Waals surface area contributed by atoms with Gasteiger partial charge in [-0.1, -0.05) is 18.5 Å². The van der Waals surface area contributed by atoms with Crippen molar-refractivity contribution in [3.63, 3.8) is 0 Å². The molecule has 1 aliphatic heterocycles. The molecule has 1 atom stereocenters. The molecule has 0 aromatic heterocycles. The molecule has 1 unspecified atom stereocenters. The van der Waals surface area contributed by atoms with Crippen molar-refractivity contribution in [2.24, 2.45) is 5.73 Å². The van der Waals surface area contributed by atoms with Gasteiger partial charge in [-0.15, -0.1) is 0 Å². The minimum absolute atomic E-state index is 0.0599. The van der Waals surface area contributed by atoms with Gasteiger partial charge < -0.3 is 19.9 Å². The maximum Gasteiger partial charge on any atom is 0.165 e. The van der Waals surface area contributed by atoms with Crippen LogP contribution < -0.4 is 15.2 Å². The Hall–Kier alpha value is -1.01. The van der Waals surface area contributed by atoms with E-state index in [0.717, 1.165) is 31.8 Å². The second-order valence-corrected chi connectivity index (χ2v) is 5.43. The predicted molar refractivity (Wildman–Crippen MR) is 83.2 cm³/mol. The molecule has 5 nitrogen and oxygen atoms in total. The van der Waals surface area contributed by atoms with Crippen LogP contribution in [0.25, 0.3) is 0 Å². The smallest absolute Gasteiger partial charge is 0.165 e. The number of rotatable bonds is 6. The molecule has 1 aromatic rings. The SMILES string of the molecule is CCN1CCOC(COc2c(CN)cc(Cl)cc2OC)C1. The molecule has 2 rings (SSSR count). The fraction of sp³-hybridized carbons (Fsp3) is 0.600. The number of ether oxygens (including phenoxy) is 3. The van der Waals surface area contributed by atoms with Crippen LogP contribution in [0.4, 0.5) is 0 Å². The van der Waals surface area contributed by atoms with E-state index in [1.807, 2.05) is 0 Å². The number of likely N-dealkylation sites (N-methyl/N-ethyl adjacent to an activating group) is 1. The summed E-state index contributed by atoms with van der Waals surface area (Å²) in [7, 11) is 1.59. The first-order valence-corrected chi connectivity index (χ1v) is 7.59. The topological polar surface area (TPSA) is 57.0 Å². The number of hydrogen-bond acceptors (Lipinski definition) is 5. The minimum atomic E-state index is 0.0599. The lowest BCUT2D eigenvalue weighted by Crippen LogP contribution is -2.44. The van der Waals surface area contributed by atoms with Crippen molar-refractivity contribution in [1.82, 2.24) is 4.90 Å². The van der Waals surface area contributed by atoms with Crippen LogP contribution in [0.15, 0.2) is 12.1 Å². The third kappa shape index (κ3) is 4.23. The van der Waals surface area contributed by atoms with Crippen molar-refractivity contribution in [3.8, 4) is 11.5 Å². The standard InChI is InChI=1S/C15H23ClN2O3/c1-3-18-4-5-20-13(9-18)10-21-15-11(8-17)6-12(16)7-14(15)19-2/h6-7,13H,3-5,8-10,17H2,1-2H3. The van der Waals surface area contributed by atoms with Gasteiger partial charge in [0.1, 0.15) is 12.7 Å². The average molecular weight is 315 g/mol. The van der Waals surface area contributed by atoms with Crippen molar-refractivity contribution in [1.29, 1.82) is 0 Å². The highest BCUT2D eigenvalue weighted by atomic mass is 35.5. The molecular weight excluding hydrogens is 292 g/mol. The Morgan fingerprint density at radius 2 is 2.29 bits per heavy atom. The normalized spacial score (nSPS) is 19.5. The quantitative estimate of drug-likeness (QED) is 0.869. The van der Waals surface area contributed by atoms with Gasteiger partial charge in [0.2, 0.25) is 0 Å². The van der Waals surface area contributed by atoms with Gasteiger partial charge in [-0.2, -0.15) is 0 Å². The second-order valence-electron chi connectivity index (χ2n) is 5.00. The number of nitrogens with two attached hydrogens (primary N) is 1. The first-order valence-electron chi connectivity index (χ1n) is 7.21. The predicted octanol–water partition coefficient (Wildman–Crippen LogP) is 1.91. The van der Waals surface area contributed by atoms with E-state index >= 15 is 0 Å². The van der Waals surface area contributed by atoms with Gasteiger partial charge in [-0.05, 0) is 12.6 Å². The van der Waals surface area contributed by atoms with Gasteiger partial charge in [0.15, 0.2) is 11.5 Å². The summed E-state index contributed by atoms with van der Waals surface area (Å²) in [6, 6.07) is 3.54. The average Bonchev–Trinajstić information content (AvgIpc) is 2.52.